The highest BCUT2D eigenvalue weighted by molar-refractivity contribution is 6.76. The maximum Gasteiger partial charge on any atom is 0.303 e. The fourth-order valence-corrected chi connectivity index (χ4v) is 2.41. The summed E-state index contributed by atoms with van der Waals surface area (Å²) in [5, 5.41) is 2.37. The normalized spacial score (nSPS) is 25.8. The molecule has 1 heterocycles. The van der Waals surface area contributed by atoms with Crippen LogP contribution in [0.1, 0.15) is 20.8 Å². The second-order valence-electron chi connectivity index (χ2n) is 5.40. The van der Waals surface area contributed by atoms with Gasteiger partial charge >= 0.3 is 17.9 Å². The van der Waals surface area contributed by atoms with E-state index in [2.05, 4.69) is 5.32 Å². The first kappa shape index (κ1) is 22.8. The van der Waals surface area contributed by atoms with E-state index in [1.54, 1.807) is 0 Å². The Labute approximate surface area is 164 Å². The van der Waals surface area contributed by atoms with Gasteiger partial charge in [0.25, 0.3) is 9.70 Å². The molecular weight excluding hydrogens is 417 g/mol. The molecule has 1 rings (SSSR count). The highest BCUT2D eigenvalue weighted by Crippen LogP contribution is 2.28. The zero-order chi connectivity index (χ0) is 20.1. The molecule has 0 spiro atoms. The highest BCUT2D eigenvalue weighted by Gasteiger charge is 2.47. The molecule has 0 aromatic heterocycles. The Morgan fingerprint density at radius 1 is 1.00 bits per heavy atom. The van der Waals surface area contributed by atoms with Crippen LogP contribution < -0.4 is 5.32 Å². The first-order valence-electron chi connectivity index (χ1n) is 7.39. The molecule has 0 aromatic rings. The van der Waals surface area contributed by atoms with E-state index in [0.717, 1.165) is 13.8 Å². The minimum Gasteiger partial charge on any atom is -0.463 e. The molecule has 0 aromatic carbocycles. The fraction of sp³-hybridized carbons (Fsp3) is 0.714. The van der Waals surface area contributed by atoms with Crippen molar-refractivity contribution in [3.8, 4) is 0 Å². The number of carbonyl (C=O) groups excluding carboxylic acids is 4. The van der Waals surface area contributed by atoms with Crippen LogP contribution in [0.3, 0.4) is 0 Å². The Morgan fingerprint density at radius 3 is 2.00 bits per heavy atom. The smallest absolute Gasteiger partial charge is 0.303 e. The minimum atomic E-state index is -2.26. The predicted molar refractivity (Wildman–Crippen MR) is 89.7 cm³/mol. The first-order valence-corrected chi connectivity index (χ1v) is 8.52. The highest BCUT2D eigenvalue weighted by atomic mass is 35.6. The lowest BCUT2D eigenvalue weighted by Gasteiger charge is -2.41. The van der Waals surface area contributed by atoms with Gasteiger partial charge in [0.2, 0.25) is 0 Å². The Morgan fingerprint density at radius 2 is 1.54 bits per heavy atom. The van der Waals surface area contributed by atoms with Gasteiger partial charge in [0.05, 0.1) is 12.6 Å². The summed E-state index contributed by atoms with van der Waals surface area (Å²) in [6.07, 6.45) is -3.24. The molecule has 0 aliphatic carbocycles. The van der Waals surface area contributed by atoms with Crippen molar-refractivity contribution in [1.82, 2.24) is 5.32 Å². The Bertz CT molecular complexity index is 565. The molecule has 1 fully saturated rings. The number of carbonyl (C=O) groups is 4. The van der Waals surface area contributed by atoms with Crippen LogP contribution in [0.4, 0.5) is 0 Å². The van der Waals surface area contributed by atoms with Crippen LogP contribution in [0.15, 0.2) is 0 Å². The lowest BCUT2D eigenvalue weighted by Crippen LogP contribution is -2.63. The van der Waals surface area contributed by atoms with E-state index in [1.165, 1.54) is 6.92 Å². The number of nitrogens with one attached hydrogen (secondary N) is 1. The number of amides is 1. The van der Waals surface area contributed by atoms with Gasteiger partial charge in [-0.3, -0.25) is 19.2 Å². The molecule has 1 aliphatic rings. The van der Waals surface area contributed by atoms with Crippen molar-refractivity contribution >= 4 is 58.6 Å². The molecular formula is C14H18Cl3NO8. The molecule has 9 nitrogen and oxygen atoms in total. The molecule has 1 N–H and O–H groups in total. The second kappa shape index (κ2) is 9.59. The molecule has 0 bridgehead atoms. The van der Waals surface area contributed by atoms with Crippen LogP contribution in [-0.4, -0.2) is 65.2 Å². The van der Waals surface area contributed by atoms with Crippen molar-refractivity contribution in [1.29, 1.82) is 0 Å². The van der Waals surface area contributed by atoms with Gasteiger partial charge in [-0.05, 0) is 0 Å². The van der Waals surface area contributed by atoms with Crippen LogP contribution >= 0.6 is 34.8 Å². The van der Waals surface area contributed by atoms with Crippen LogP contribution in [0.25, 0.3) is 0 Å². The number of halogens is 3. The third kappa shape index (κ3) is 7.14. The van der Waals surface area contributed by atoms with Gasteiger partial charge in [-0.15, -0.1) is 0 Å². The fourth-order valence-electron chi connectivity index (χ4n) is 2.25. The summed E-state index contributed by atoms with van der Waals surface area (Å²) in [7, 11) is 0. The minimum absolute atomic E-state index is 0.172. The summed E-state index contributed by atoms with van der Waals surface area (Å²) in [5.41, 5.74) is 0. The predicted octanol–water partition coefficient (Wildman–Crippen LogP) is 0.667. The van der Waals surface area contributed by atoms with E-state index in [4.69, 9.17) is 53.8 Å². The van der Waals surface area contributed by atoms with Crippen LogP contribution in [0.5, 0.6) is 0 Å². The average molecular weight is 435 g/mol. The Kier molecular flexibility index (Phi) is 8.39. The van der Waals surface area contributed by atoms with E-state index in [1.807, 2.05) is 0 Å². The van der Waals surface area contributed by atoms with E-state index in [0.29, 0.717) is 0 Å². The number of rotatable bonds is 5. The summed E-state index contributed by atoms with van der Waals surface area (Å²) >= 11 is 16.6. The van der Waals surface area contributed by atoms with Gasteiger partial charge in [0.1, 0.15) is 12.7 Å². The van der Waals surface area contributed by atoms with Gasteiger partial charge in [-0.2, -0.15) is 0 Å². The Balaban J connectivity index is 3.05. The molecule has 1 saturated heterocycles. The second-order valence-corrected chi connectivity index (χ2v) is 7.68. The van der Waals surface area contributed by atoms with Crippen molar-refractivity contribution in [2.75, 3.05) is 13.2 Å². The van der Waals surface area contributed by atoms with Gasteiger partial charge in [-0.1, -0.05) is 34.8 Å². The van der Waals surface area contributed by atoms with Crippen molar-refractivity contribution < 1.29 is 38.1 Å². The number of alkyl halides is 3. The molecule has 12 heteroatoms. The number of hydrogen-bond acceptors (Lipinski definition) is 8. The van der Waals surface area contributed by atoms with Crippen LogP contribution in [-0.2, 0) is 38.1 Å². The largest absolute Gasteiger partial charge is 0.463 e. The van der Waals surface area contributed by atoms with E-state index < -0.39 is 52.0 Å². The maximum absolute atomic E-state index is 11.9. The first-order chi connectivity index (χ1) is 11.9. The molecule has 0 unspecified atom stereocenters. The Hall–Kier alpha value is -1.29. The van der Waals surface area contributed by atoms with Gasteiger partial charge in [0, 0.05) is 20.8 Å². The zero-order valence-corrected chi connectivity index (χ0v) is 16.4. The SMILES string of the molecule is CC(=O)OC[C@H]1OC[C@H](NC(=O)C(Cl)(Cl)Cl)[C@@H](OC(C)=O)[C@@H]1OC(C)=O. The summed E-state index contributed by atoms with van der Waals surface area (Å²) in [4.78, 5) is 45.8. The average Bonchev–Trinajstić information content (AvgIpc) is 2.47. The van der Waals surface area contributed by atoms with Crippen LogP contribution in [0.2, 0.25) is 0 Å². The molecule has 1 amide bonds. The topological polar surface area (TPSA) is 117 Å². The maximum atomic E-state index is 11.9. The summed E-state index contributed by atoms with van der Waals surface area (Å²) in [6.45, 7) is 3.04. The van der Waals surface area contributed by atoms with Crippen LogP contribution in [0, 0.1) is 0 Å². The van der Waals surface area contributed by atoms with Crippen molar-refractivity contribution in [2.24, 2.45) is 0 Å². The molecule has 26 heavy (non-hydrogen) atoms. The molecule has 0 radical (unpaired) electrons. The van der Waals surface area contributed by atoms with Gasteiger partial charge in [0.15, 0.2) is 12.2 Å². The number of hydrogen-bond donors (Lipinski definition) is 1. The summed E-state index contributed by atoms with van der Waals surface area (Å²) in [6, 6.07) is -0.972. The lowest BCUT2D eigenvalue weighted by atomic mass is 9.97. The summed E-state index contributed by atoms with van der Waals surface area (Å²) < 4.78 is 18.5. The van der Waals surface area contributed by atoms with E-state index >= 15 is 0 Å². The van der Waals surface area contributed by atoms with Gasteiger partial charge < -0.3 is 24.3 Å². The van der Waals surface area contributed by atoms with E-state index in [-0.39, 0.29) is 13.2 Å². The van der Waals surface area contributed by atoms with Gasteiger partial charge in [-0.25, -0.2) is 0 Å². The molecule has 4 atom stereocenters. The standard InChI is InChI=1S/C14H18Cl3NO8/c1-6(19)23-5-10-12(26-8(3)21)11(25-7(2)20)9(4-24-10)18-13(22)14(15,16)17/h9-12H,4-5H2,1-3H3,(H,18,22)/t9-,10+,11+,12+/m0/s1. The number of esters is 3. The zero-order valence-electron chi connectivity index (χ0n) is 14.1. The molecule has 0 saturated carbocycles. The monoisotopic (exact) mass is 433 g/mol. The summed E-state index contributed by atoms with van der Waals surface area (Å²) in [5.74, 6) is -2.95. The molecule has 1 aliphatic heterocycles. The van der Waals surface area contributed by atoms with Crippen molar-refractivity contribution in [3.63, 3.8) is 0 Å². The number of ether oxygens (including phenoxy) is 4. The van der Waals surface area contributed by atoms with Crippen molar-refractivity contribution in [2.45, 2.75) is 48.9 Å². The lowest BCUT2D eigenvalue weighted by molar-refractivity contribution is -0.207. The third-order valence-electron chi connectivity index (χ3n) is 3.21. The molecule has 148 valence electrons. The van der Waals surface area contributed by atoms with Crippen molar-refractivity contribution in [3.05, 3.63) is 0 Å². The quantitative estimate of drug-likeness (QED) is 0.381. The third-order valence-corrected chi connectivity index (χ3v) is 3.72. The van der Waals surface area contributed by atoms with E-state index in [9.17, 15) is 19.2 Å².